The van der Waals surface area contributed by atoms with Gasteiger partial charge in [0.25, 0.3) is 0 Å². The number of hydrogen-bond acceptors (Lipinski definition) is 4. The molecule has 2 aliphatic rings. The fraction of sp³-hybridized carbons (Fsp3) is 0.290. The lowest BCUT2D eigenvalue weighted by molar-refractivity contribution is 0.357. The van der Waals surface area contributed by atoms with Crippen molar-refractivity contribution < 1.29 is 4.42 Å². The van der Waals surface area contributed by atoms with Gasteiger partial charge in [-0.15, -0.1) is 0 Å². The Bertz CT molecular complexity index is 1470. The second kappa shape index (κ2) is 10.8. The molecule has 4 heterocycles. The predicted octanol–water partition coefficient (Wildman–Crippen LogP) is 8.31. The smallest absolute Gasteiger partial charge is 0.174 e. The maximum atomic E-state index is 6.95. The Morgan fingerprint density at radius 1 is 0.949 bits per heavy atom. The molecule has 2 aromatic heterocycles. The van der Waals surface area contributed by atoms with E-state index in [0.717, 1.165) is 52.3 Å². The highest BCUT2D eigenvalue weighted by Crippen LogP contribution is 2.44. The first-order valence-electron chi connectivity index (χ1n) is 13.3. The van der Waals surface area contributed by atoms with Gasteiger partial charge in [-0.3, -0.25) is 4.98 Å². The van der Waals surface area contributed by atoms with Crippen LogP contribution in [0, 0.1) is 11.8 Å². The van der Waals surface area contributed by atoms with Gasteiger partial charge in [-0.2, -0.15) is 0 Å². The lowest BCUT2D eigenvalue weighted by atomic mass is 9.91. The van der Waals surface area contributed by atoms with E-state index in [1.165, 1.54) is 6.42 Å². The highest BCUT2D eigenvalue weighted by molar-refractivity contribution is 7.80. The van der Waals surface area contributed by atoms with Crippen LogP contribution in [0.5, 0.6) is 0 Å². The van der Waals surface area contributed by atoms with Gasteiger partial charge in [0.2, 0.25) is 0 Å². The monoisotopic (exact) mass is 576 g/mol. The molecule has 0 radical (unpaired) electrons. The van der Waals surface area contributed by atoms with Crippen molar-refractivity contribution in [2.24, 2.45) is 11.8 Å². The zero-order valence-electron chi connectivity index (χ0n) is 21.9. The highest BCUT2D eigenvalue weighted by atomic mass is 35.5. The fourth-order valence-electron chi connectivity index (χ4n) is 5.96. The third kappa shape index (κ3) is 5.25. The number of thiocarbonyl (C=S) groups is 1. The van der Waals surface area contributed by atoms with Crippen molar-refractivity contribution in [3.8, 4) is 11.3 Å². The maximum absolute atomic E-state index is 6.95. The Labute approximate surface area is 244 Å². The fourth-order valence-corrected chi connectivity index (χ4v) is 6.73. The molecule has 8 heteroatoms. The molecular weight excluding hydrogens is 547 g/mol. The number of halogens is 2. The summed E-state index contributed by atoms with van der Waals surface area (Å²) in [5.41, 5.74) is 3.82. The van der Waals surface area contributed by atoms with Crippen molar-refractivity contribution in [1.82, 2.24) is 10.3 Å². The largest absolute Gasteiger partial charge is 0.459 e. The van der Waals surface area contributed by atoms with Crippen molar-refractivity contribution in [2.45, 2.75) is 32.4 Å². The highest BCUT2D eigenvalue weighted by Gasteiger charge is 2.43. The normalized spacial score (nSPS) is 23.2. The van der Waals surface area contributed by atoms with Gasteiger partial charge in [0.15, 0.2) is 5.11 Å². The van der Waals surface area contributed by atoms with E-state index in [-0.39, 0.29) is 12.1 Å². The van der Waals surface area contributed by atoms with E-state index in [1.54, 1.807) is 6.20 Å². The standard InChI is InChI=1S/C31H30Cl2N4OS/c1-19-15-20(2)18-36(17-19)26-11-10-23(16-24(26)33)37-30(29(35-31(37)39)25-5-3-4-14-34-25)28-13-12-27(38-28)21-6-8-22(32)9-7-21/h3-14,16,19-20,29-30H,15,17-18H2,1-2H3,(H,35,39)/t19-,20+,29-,30+/m1/s1. The zero-order chi connectivity index (χ0) is 27.1. The van der Waals surface area contributed by atoms with Gasteiger partial charge in [0.05, 0.1) is 22.4 Å². The zero-order valence-corrected chi connectivity index (χ0v) is 24.2. The number of furan rings is 1. The molecule has 0 saturated carbocycles. The van der Waals surface area contributed by atoms with E-state index in [9.17, 15) is 0 Å². The molecule has 2 aromatic carbocycles. The van der Waals surface area contributed by atoms with E-state index < -0.39 is 0 Å². The molecule has 4 aromatic rings. The maximum Gasteiger partial charge on any atom is 0.174 e. The van der Waals surface area contributed by atoms with Crippen LogP contribution < -0.4 is 15.1 Å². The summed E-state index contributed by atoms with van der Waals surface area (Å²) in [7, 11) is 0. The molecule has 0 spiro atoms. The van der Waals surface area contributed by atoms with Crippen molar-refractivity contribution in [3.05, 3.63) is 100 Å². The molecule has 2 aliphatic heterocycles. The number of pyridine rings is 1. The summed E-state index contributed by atoms with van der Waals surface area (Å²) >= 11 is 19.0. The Morgan fingerprint density at radius 3 is 2.41 bits per heavy atom. The molecule has 0 unspecified atom stereocenters. The number of aromatic nitrogens is 1. The molecule has 2 fully saturated rings. The Balaban J connectivity index is 1.38. The molecule has 0 aliphatic carbocycles. The summed E-state index contributed by atoms with van der Waals surface area (Å²) < 4.78 is 6.46. The molecule has 0 amide bonds. The minimum atomic E-state index is -0.259. The average Bonchev–Trinajstić information content (AvgIpc) is 3.53. The van der Waals surface area contributed by atoms with E-state index in [1.807, 2.05) is 60.7 Å². The summed E-state index contributed by atoms with van der Waals surface area (Å²) in [5.74, 6) is 2.82. The number of nitrogens with one attached hydrogen (secondary N) is 1. The number of piperidine rings is 1. The molecular formula is C31H30Cl2N4OS. The molecule has 2 saturated heterocycles. The van der Waals surface area contributed by atoms with E-state index in [0.29, 0.717) is 22.0 Å². The minimum Gasteiger partial charge on any atom is -0.459 e. The number of benzene rings is 2. The summed E-state index contributed by atoms with van der Waals surface area (Å²) in [6.07, 6.45) is 3.05. The molecule has 5 nitrogen and oxygen atoms in total. The van der Waals surface area contributed by atoms with Gasteiger partial charge < -0.3 is 19.5 Å². The van der Waals surface area contributed by atoms with Crippen LogP contribution in [0.15, 0.2) is 83.4 Å². The molecule has 6 rings (SSSR count). The topological polar surface area (TPSA) is 44.5 Å². The third-order valence-corrected chi connectivity index (χ3v) is 8.43. The van der Waals surface area contributed by atoms with E-state index >= 15 is 0 Å². The van der Waals surface area contributed by atoms with Gasteiger partial charge in [-0.25, -0.2) is 0 Å². The first-order valence-corrected chi connectivity index (χ1v) is 14.4. The van der Waals surface area contributed by atoms with Crippen molar-refractivity contribution in [3.63, 3.8) is 0 Å². The summed E-state index contributed by atoms with van der Waals surface area (Å²) in [5, 5.41) is 5.50. The van der Waals surface area contributed by atoms with Gasteiger partial charge in [-0.1, -0.05) is 43.1 Å². The number of nitrogens with zero attached hydrogens (tertiary/aromatic N) is 3. The molecule has 4 atom stereocenters. The van der Waals surface area contributed by atoms with Crippen LogP contribution in [-0.4, -0.2) is 23.2 Å². The van der Waals surface area contributed by atoms with Gasteiger partial charge >= 0.3 is 0 Å². The second-order valence-electron chi connectivity index (χ2n) is 10.7. The van der Waals surface area contributed by atoms with E-state index in [2.05, 4.69) is 46.1 Å². The van der Waals surface area contributed by atoms with Crippen LogP contribution in [0.3, 0.4) is 0 Å². The average molecular weight is 578 g/mol. The molecule has 39 heavy (non-hydrogen) atoms. The van der Waals surface area contributed by atoms with Crippen molar-refractivity contribution in [1.29, 1.82) is 0 Å². The van der Waals surface area contributed by atoms with Crippen LogP contribution in [-0.2, 0) is 0 Å². The van der Waals surface area contributed by atoms with Crippen LogP contribution >= 0.6 is 35.4 Å². The SMILES string of the molecule is C[C@@H]1C[C@H](C)CN(c2ccc(N3C(=S)N[C@H](c4ccccn4)[C@@H]3c3ccc(-c4ccc(Cl)cc4)o3)cc2Cl)C1. The van der Waals surface area contributed by atoms with Crippen molar-refractivity contribution in [2.75, 3.05) is 22.9 Å². The summed E-state index contributed by atoms with van der Waals surface area (Å²) in [4.78, 5) is 9.14. The minimum absolute atomic E-state index is 0.204. The molecule has 200 valence electrons. The van der Waals surface area contributed by atoms with Crippen LogP contribution in [0.1, 0.15) is 43.8 Å². The molecule has 0 bridgehead atoms. The lowest BCUT2D eigenvalue weighted by Crippen LogP contribution is -2.38. The number of hydrogen-bond donors (Lipinski definition) is 1. The quantitative estimate of drug-likeness (QED) is 0.241. The Kier molecular flexibility index (Phi) is 7.27. The van der Waals surface area contributed by atoms with Gasteiger partial charge in [0.1, 0.15) is 17.6 Å². The van der Waals surface area contributed by atoms with E-state index in [4.69, 9.17) is 39.8 Å². The van der Waals surface area contributed by atoms with Crippen LogP contribution in [0.25, 0.3) is 11.3 Å². The Hall–Kier alpha value is -3.06. The van der Waals surface area contributed by atoms with Crippen LogP contribution in [0.2, 0.25) is 10.0 Å². The van der Waals surface area contributed by atoms with Crippen molar-refractivity contribution >= 4 is 51.9 Å². The summed E-state index contributed by atoms with van der Waals surface area (Å²) in [6.45, 7) is 6.64. The number of rotatable bonds is 5. The number of anilines is 2. The first-order chi connectivity index (χ1) is 18.9. The first kappa shape index (κ1) is 26.2. The molecule has 1 N–H and O–H groups in total. The summed E-state index contributed by atoms with van der Waals surface area (Å²) in [6, 6.07) is 23.3. The lowest BCUT2D eigenvalue weighted by Gasteiger charge is -2.37. The predicted molar refractivity (Wildman–Crippen MR) is 164 cm³/mol. The third-order valence-electron chi connectivity index (χ3n) is 7.56. The Morgan fingerprint density at radius 2 is 1.72 bits per heavy atom. The van der Waals surface area contributed by atoms with Crippen LogP contribution in [0.4, 0.5) is 11.4 Å². The second-order valence-corrected chi connectivity index (χ2v) is 11.9. The van der Waals surface area contributed by atoms with Gasteiger partial charge in [-0.05, 0) is 97.2 Å². The van der Waals surface area contributed by atoms with Gasteiger partial charge in [0, 0.05) is 35.6 Å².